The summed E-state index contributed by atoms with van der Waals surface area (Å²) in [4.78, 5) is 40.6. The van der Waals surface area contributed by atoms with E-state index in [1.54, 1.807) is 34.0 Å². The lowest BCUT2D eigenvalue weighted by molar-refractivity contribution is -0.120. The molecule has 3 aromatic heterocycles. The lowest BCUT2D eigenvalue weighted by Gasteiger charge is -2.23. The molecule has 6 aromatic rings. The summed E-state index contributed by atoms with van der Waals surface area (Å²) in [5.74, 6) is 0.386. The van der Waals surface area contributed by atoms with Gasteiger partial charge in [-0.1, -0.05) is 36.4 Å². The minimum atomic E-state index is -0.319. The number of carbonyl (C=O) groups excluding carboxylic acids is 3. The SMILES string of the molecule is NCCCC[C@@H](Nc1ccc(C(c2ccc(N[C@H](CCCCN)C(=O)Cc3ccsc3)cc2)c2ccc(N[C@H](CCCCN)C(=O)Cc3ccsc3)cc2)cc1)C(=O)Cc1ccsc1. The number of nitrogens with two attached hydrogens (primary N) is 3. The molecule has 0 amide bonds. The Hall–Kier alpha value is -4.95. The molecule has 3 heterocycles. The van der Waals surface area contributed by atoms with Gasteiger partial charge in [0.05, 0.1) is 18.1 Å². The second-order valence-electron chi connectivity index (χ2n) is 16.6. The maximum absolute atomic E-state index is 13.5. The quantitative estimate of drug-likeness (QED) is 0.0191. The molecule has 0 fully saturated rings. The number of Topliss-reactive ketones (excluding diaryl/α,β-unsaturated/α-hetero) is 3. The molecule has 12 heteroatoms. The fraction of sp³-hybridized carbons (Fsp3) is 0.365. The van der Waals surface area contributed by atoms with E-state index < -0.39 is 0 Å². The van der Waals surface area contributed by atoms with Crippen molar-refractivity contribution in [2.75, 3.05) is 35.6 Å². The number of nitrogens with one attached hydrogen (secondary N) is 3. The molecule has 0 unspecified atom stereocenters. The van der Waals surface area contributed by atoms with Gasteiger partial charge in [-0.3, -0.25) is 14.4 Å². The van der Waals surface area contributed by atoms with Gasteiger partial charge >= 0.3 is 0 Å². The van der Waals surface area contributed by atoms with Crippen LogP contribution in [-0.2, 0) is 33.6 Å². The highest BCUT2D eigenvalue weighted by Gasteiger charge is 2.23. The van der Waals surface area contributed by atoms with Gasteiger partial charge in [-0.25, -0.2) is 0 Å². The van der Waals surface area contributed by atoms with Crippen LogP contribution in [0.3, 0.4) is 0 Å². The number of hydrogen-bond donors (Lipinski definition) is 6. The van der Waals surface area contributed by atoms with E-state index in [-0.39, 0.29) is 41.4 Å². The number of unbranched alkanes of at least 4 members (excludes halogenated alkanes) is 3. The predicted molar refractivity (Wildman–Crippen MR) is 270 cm³/mol. The maximum atomic E-state index is 13.5. The molecule has 338 valence electrons. The summed E-state index contributed by atoms with van der Waals surface area (Å²) in [5.41, 5.74) is 26.5. The number of thiophene rings is 3. The van der Waals surface area contributed by atoms with E-state index in [1.807, 2.05) is 50.5 Å². The first kappa shape index (κ1) is 48.5. The lowest BCUT2D eigenvalue weighted by Crippen LogP contribution is -2.31. The topological polar surface area (TPSA) is 165 Å². The van der Waals surface area contributed by atoms with Crippen LogP contribution in [0.4, 0.5) is 17.1 Å². The molecule has 6 rings (SSSR count). The first-order valence-electron chi connectivity index (χ1n) is 22.6. The van der Waals surface area contributed by atoms with Crippen molar-refractivity contribution in [3.63, 3.8) is 0 Å². The van der Waals surface area contributed by atoms with Crippen LogP contribution in [0.5, 0.6) is 0 Å². The van der Waals surface area contributed by atoms with Crippen molar-refractivity contribution in [3.8, 4) is 0 Å². The monoisotopic (exact) mass is 916 g/mol. The Kier molecular flexibility index (Phi) is 19.8. The molecule has 3 atom stereocenters. The first-order valence-corrected chi connectivity index (χ1v) is 25.5. The highest BCUT2D eigenvalue weighted by Crippen LogP contribution is 2.35. The second-order valence-corrected chi connectivity index (χ2v) is 18.9. The summed E-state index contributed by atoms with van der Waals surface area (Å²) >= 11 is 4.81. The fourth-order valence-electron chi connectivity index (χ4n) is 8.07. The van der Waals surface area contributed by atoms with E-state index in [4.69, 9.17) is 17.2 Å². The maximum Gasteiger partial charge on any atom is 0.159 e. The molecule has 3 aromatic carbocycles. The van der Waals surface area contributed by atoms with Crippen LogP contribution in [0.25, 0.3) is 0 Å². The van der Waals surface area contributed by atoms with E-state index in [2.05, 4.69) is 88.7 Å². The third-order valence-electron chi connectivity index (χ3n) is 11.6. The number of carbonyl (C=O) groups is 3. The molecular weight excluding hydrogens is 853 g/mol. The standard InChI is InChI=1S/C52H64N6O3S3/c53-25-4-1-7-46(49(59)31-37-22-28-62-34-37)56-43-16-10-40(11-17-43)52(41-12-18-44(19-13-41)57-47(8-2-5-26-54)50(60)32-38-23-29-63-35-38)42-14-20-45(21-15-42)58-48(9-3-6-27-55)51(61)33-39-24-30-64-36-39/h10-24,28-30,34-36,46-48,52,56-58H,1-9,25-27,31-33,53-55H2/t46-,47-,48-/m1/s1. The molecule has 0 aliphatic rings. The van der Waals surface area contributed by atoms with Gasteiger partial charge in [-0.15, -0.1) is 0 Å². The Morgan fingerprint density at radius 3 is 0.922 bits per heavy atom. The van der Waals surface area contributed by atoms with E-state index in [1.165, 1.54) is 0 Å². The van der Waals surface area contributed by atoms with Crippen LogP contribution >= 0.6 is 34.0 Å². The van der Waals surface area contributed by atoms with Crippen LogP contribution in [0, 0.1) is 0 Å². The zero-order valence-electron chi connectivity index (χ0n) is 36.7. The lowest BCUT2D eigenvalue weighted by atomic mass is 9.85. The zero-order valence-corrected chi connectivity index (χ0v) is 39.2. The smallest absolute Gasteiger partial charge is 0.159 e. The molecule has 0 spiro atoms. The third kappa shape index (κ3) is 15.1. The molecule has 9 nitrogen and oxygen atoms in total. The van der Waals surface area contributed by atoms with Crippen molar-refractivity contribution in [1.82, 2.24) is 0 Å². The minimum Gasteiger partial charge on any atom is -0.375 e. The summed E-state index contributed by atoms with van der Waals surface area (Å²) in [6.45, 7) is 1.80. The molecule has 0 saturated carbocycles. The number of hydrogen-bond acceptors (Lipinski definition) is 12. The number of anilines is 3. The van der Waals surface area contributed by atoms with Crippen molar-refractivity contribution >= 4 is 68.4 Å². The van der Waals surface area contributed by atoms with Gasteiger partial charge in [-0.2, -0.15) is 34.0 Å². The molecule has 0 aliphatic carbocycles. The Morgan fingerprint density at radius 1 is 0.406 bits per heavy atom. The third-order valence-corrected chi connectivity index (χ3v) is 13.8. The average Bonchev–Trinajstić information content (AvgIpc) is 4.14. The van der Waals surface area contributed by atoms with E-state index >= 15 is 0 Å². The first-order chi connectivity index (χ1) is 31.3. The number of ketones is 3. The highest BCUT2D eigenvalue weighted by molar-refractivity contribution is 7.08. The molecule has 0 radical (unpaired) electrons. The molecule has 64 heavy (non-hydrogen) atoms. The second kappa shape index (κ2) is 26.1. The Morgan fingerprint density at radius 2 is 0.688 bits per heavy atom. The van der Waals surface area contributed by atoms with Crippen LogP contribution in [-0.4, -0.2) is 55.1 Å². The normalized spacial score (nSPS) is 12.8. The van der Waals surface area contributed by atoms with E-state index in [0.29, 0.717) is 58.2 Å². The van der Waals surface area contributed by atoms with Crippen LogP contribution in [0.15, 0.2) is 123 Å². The number of benzene rings is 3. The van der Waals surface area contributed by atoms with Gasteiger partial charge in [0.1, 0.15) is 0 Å². The van der Waals surface area contributed by atoms with Gasteiger partial charge in [-0.05, 0) is 198 Å². The van der Waals surface area contributed by atoms with Crippen LogP contribution < -0.4 is 33.2 Å². The molecule has 0 aliphatic heterocycles. The van der Waals surface area contributed by atoms with Gasteiger partial charge in [0.15, 0.2) is 17.3 Å². The van der Waals surface area contributed by atoms with Crippen LogP contribution in [0.2, 0.25) is 0 Å². The summed E-state index contributed by atoms with van der Waals surface area (Å²) < 4.78 is 0. The molecule has 0 bridgehead atoms. The zero-order chi connectivity index (χ0) is 44.9. The van der Waals surface area contributed by atoms with Crippen molar-refractivity contribution in [2.45, 2.75) is 101 Å². The van der Waals surface area contributed by atoms with Crippen LogP contribution in [0.1, 0.15) is 97.1 Å². The van der Waals surface area contributed by atoms with E-state index in [0.717, 1.165) is 89.0 Å². The largest absolute Gasteiger partial charge is 0.375 e. The molecule has 9 N–H and O–H groups in total. The fourth-order valence-corrected chi connectivity index (χ4v) is 10.1. The van der Waals surface area contributed by atoms with Crippen molar-refractivity contribution in [3.05, 3.63) is 157 Å². The minimum absolute atomic E-state index is 0.126. The Balaban J connectivity index is 1.25. The summed E-state index contributed by atoms with van der Waals surface area (Å²) in [6, 6.07) is 30.3. The van der Waals surface area contributed by atoms with E-state index in [9.17, 15) is 14.4 Å². The van der Waals surface area contributed by atoms with Gasteiger partial charge in [0, 0.05) is 42.2 Å². The Labute approximate surface area is 391 Å². The van der Waals surface area contributed by atoms with Gasteiger partial charge < -0.3 is 33.2 Å². The van der Waals surface area contributed by atoms with Gasteiger partial charge in [0.2, 0.25) is 0 Å². The van der Waals surface area contributed by atoms with Crippen molar-refractivity contribution in [1.29, 1.82) is 0 Å². The molecular formula is C52H64N6O3S3. The average molecular weight is 917 g/mol. The number of rotatable bonds is 30. The van der Waals surface area contributed by atoms with Crippen molar-refractivity contribution in [2.24, 2.45) is 17.2 Å². The summed E-state index contributed by atoms with van der Waals surface area (Å²) in [5, 5.41) is 22.8. The van der Waals surface area contributed by atoms with Gasteiger partial charge in [0.25, 0.3) is 0 Å². The summed E-state index contributed by atoms with van der Waals surface area (Å²) in [7, 11) is 0. The van der Waals surface area contributed by atoms with Crippen molar-refractivity contribution < 1.29 is 14.4 Å². The highest BCUT2D eigenvalue weighted by atomic mass is 32.1. The predicted octanol–water partition coefficient (Wildman–Crippen LogP) is 10.2. The Bertz CT molecular complexity index is 1990. The summed E-state index contributed by atoms with van der Waals surface area (Å²) in [6.07, 6.45) is 8.55. The molecule has 0 saturated heterocycles.